The lowest BCUT2D eigenvalue weighted by Crippen LogP contribution is -1.98. The van der Waals surface area contributed by atoms with Gasteiger partial charge >= 0.3 is 5.97 Å². The first-order chi connectivity index (χ1) is 7.74. The quantitative estimate of drug-likeness (QED) is 0.439. The van der Waals surface area contributed by atoms with Gasteiger partial charge < -0.3 is 4.74 Å². The number of benzene rings is 1. The van der Waals surface area contributed by atoms with E-state index in [1.807, 2.05) is 36.4 Å². The molecule has 2 heteroatoms. The minimum atomic E-state index is -0.412. The van der Waals surface area contributed by atoms with E-state index >= 15 is 0 Å². The first-order valence-corrected chi connectivity index (χ1v) is 4.82. The molecule has 0 unspecified atom stereocenters. The highest BCUT2D eigenvalue weighted by Crippen LogP contribution is 1.97. The molecule has 84 valence electrons. The van der Waals surface area contributed by atoms with E-state index in [1.165, 1.54) is 11.6 Å². The molecule has 16 heavy (non-hydrogen) atoms. The van der Waals surface area contributed by atoms with Crippen molar-refractivity contribution in [1.29, 1.82) is 0 Å². The molecule has 2 nitrogen and oxygen atoms in total. The van der Waals surface area contributed by atoms with Gasteiger partial charge in [0.1, 0.15) is 6.61 Å². The summed E-state index contributed by atoms with van der Waals surface area (Å²) >= 11 is 0. The predicted molar refractivity (Wildman–Crippen MR) is 67.9 cm³/mol. The molecule has 0 aliphatic rings. The minimum absolute atomic E-state index is 0.255. The van der Waals surface area contributed by atoms with Crippen LogP contribution in [0.3, 0.4) is 0 Å². The monoisotopic (exact) mass is 216 g/mol. The molecule has 0 aromatic heterocycles. The fourth-order valence-corrected chi connectivity index (χ4v) is 0.789. The van der Waals surface area contributed by atoms with Crippen LogP contribution in [0.15, 0.2) is 62.2 Å². The standard InChI is InChI=1S/C8H8.C6H8O2/c1-2-8-6-4-3-5-7-8;1-3-5-8-6(7)4-2/h2-7H,1H2;3-4H,1-2,5H2. The van der Waals surface area contributed by atoms with E-state index in [0.29, 0.717) is 0 Å². The van der Waals surface area contributed by atoms with Crippen molar-refractivity contribution in [3.8, 4) is 0 Å². The number of carbonyl (C=O) groups excluding carboxylic acids is 1. The molecule has 0 saturated heterocycles. The van der Waals surface area contributed by atoms with Crippen LogP contribution in [0.5, 0.6) is 0 Å². The zero-order chi connectivity index (χ0) is 12.2. The fourth-order valence-electron chi connectivity index (χ4n) is 0.789. The smallest absolute Gasteiger partial charge is 0.330 e. The Hall–Kier alpha value is -2.09. The van der Waals surface area contributed by atoms with Crippen molar-refractivity contribution >= 4 is 12.0 Å². The van der Waals surface area contributed by atoms with Crippen LogP contribution in [-0.2, 0) is 9.53 Å². The third-order valence-electron chi connectivity index (χ3n) is 1.55. The first kappa shape index (κ1) is 13.9. The molecule has 0 N–H and O–H groups in total. The highest BCUT2D eigenvalue weighted by Gasteiger charge is 1.87. The van der Waals surface area contributed by atoms with Crippen molar-refractivity contribution < 1.29 is 9.53 Å². The summed E-state index contributed by atoms with van der Waals surface area (Å²) in [5.74, 6) is -0.412. The highest BCUT2D eigenvalue weighted by atomic mass is 16.5. The zero-order valence-corrected chi connectivity index (χ0v) is 9.26. The van der Waals surface area contributed by atoms with E-state index in [-0.39, 0.29) is 6.61 Å². The number of rotatable bonds is 4. The van der Waals surface area contributed by atoms with Crippen LogP contribution in [0.4, 0.5) is 0 Å². The summed E-state index contributed by atoms with van der Waals surface area (Å²) in [5.41, 5.74) is 1.17. The maximum Gasteiger partial charge on any atom is 0.330 e. The predicted octanol–water partition coefficient (Wildman–Crippen LogP) is 3.23. The van der Waals surface area contributed by atoms with E-state index < -0.39 is 5.97 Å². The van der Waals surface area contributed by atoms with Gasteiger partial charge in [0.25, 0.3) is 0 Å². The van der Waals surface area contributed by atoms with Crippen LogP contribution in [0.25, 0.3) is 6.08 Å². The highest BCUT2D eigenvalue weighted by molar-refractivity contribution is 5.81. The van der Waals surface area contributed by atoms with Crippen LogP contribution in [0, 0.1) is 0 Å². The van der Waals surface area contributed by atoms with E-state index in [0.717, 1.165) is 6.08 Å². The Bertz CT molecular complexity index is 339. The zero-order valence-electron chi connectivity index (χ0n) is 9.26. The van der Waals surface area contributed by atoms with Crippen LogP contribution < -0.4 is 0 Å². The lowest BCUT2D eigenvalue weighted by molar-refractivity contribution is -0.136. The van der Waals surface area contributed by atoms with E-state index in [1.54, 1.807) is 0 Å². The maximum absolute atomic E-state index is 10.2. The van der Waals surface area contributed by atoms with Crippen LogP contribution in [0.1, 0.15) is 5.56 Å². The van der Waals surface area contributed by atoms with Gasteiger partial charge in [-0.05, 0) is 5.56 Å². The first-order valence-electron chi connectivity index (χ1n) is 4.82. The van der Waals surface area contributed by atoms with Gasteiger partial charge in [-0.1, -0.05) is 62.2 Å². The molecule has 0 atom stereocenters. The van der Waals surface area contributed by atoms with Gasteiger partial charge in [0.15, 0.2) is 0 Å². The third kappa shape index (κ3) is 7.33. The Labute approximate surface area is 96.6 Å². The molecule has 0 saturated carbocycles. The second-order valence-electron chi connectivity index (χ2n) is 2.74. The van der Waals surface area contributed by atoms with Crippen molar-refractivity contribution in [1.82, 2.24) is 0 Å². The van der Waals surface area contributed by atoms with Crippen LogP contribution >= 0.6 is 0 Å². The summed E-state index contributed by atoms with van der Waals surface area (Å²) < 4.78 is 4.47. The molecule has 0 heterocycles. The Morgan fingerprint density at radius 3 is 2.19 bits per heavy atom. The number of ether oxygens (including phenoxy) is 1. The van der Waals surface area contributed by atoms with Gasteiger partial charge in [-0.2, -0.15) is 0 Å². The van der Waals surface area contributed by atoms with E-state index in [4.69, 9.17) is 0 Å². The van der Waals surface area contributed by atoms with E-state index in [2.05, 4.69) is 24.5 Å². The molecule has 0 fully saturated rings. The Morgan fingerprint density at radius 1 is 1.19 bits per heavy atom. The van der Waals surface area contributed by atoms with E-state index in [9.17, 15) is 4.79 Å². The molecule has 0 aliphatic heterocycles. The molecule has 1 aromatic rings. The average molecular weight is 216 g/mol. The average Bonchev–Trinajstić information content (AvgIpc) is 2.37. The number of carbonyl (C=O) groups is 1. The molecular formula is C14H16O2. The van der Waals surface area contributed by atoms with Gasteiger partial charge in [-0.15, -0.1) is 0 Å². The van der Waals surface area contributed by atoms with Gasteiger partial charge in [-0.3, -0.25) is 0 Å². The summed E-state index contributed by atoms with van der Waals surface area (Å²) in [6.07, 6.45) is 4.45. The normalized spacial score (nSPS) is 8.00. The molecule has 0 bridgehead atoms. The van der Waals surface area contributed by atoms with Crippen molar-refractivity contribution in [2.24, 2.45) is 0 Å². The molecule has 1 aromatic carbocycles. The Morgan fingerprint density at radius 2 is 1.81 bits per heavy atom. The van der Waals surface area contributed by atoms with Crippen LogP contribution in [-0.4, -0.2) is 12.6 Å². The molecule has 0 spiro atoms. The molecule has 0 radical (unpaired) electrons. The van der Waals surface area contributed by atoms with Crippen molar-refractivity contribution in [3.63, 3.8) is 0 Å². The maximum atomic E-state index is 10.2. The largest absolute Gasteiger partial charge is 0.458 e. The molecule has 0 aliphatic carbocycles. The lowest BCUT2D eigenvalue weighted by atomic mass is 10.2. The van der Waals surface area contributed by atoms with Gasteiger partial charge in [0, 0.05) is 6.08 Å². The van der Waals surface area contributed by atoms with Crippen molar-refractivity contribution in [3.05, 3.63) is 67.8 Å². The Balaban J connectivity index is 0.000000281. The van der Waals surface area contributed by atoms with Crippen molar-refractivity contribution in [2.75, 3.05) is 6.61 Å². The third-order valence-corrected chi connectivity index (χ3v) is 1.55. The summed E-state index contributed by atoms with van der Waals surface area (Å²) in [6.45, 7) is 10.4. The summed E-state index contributed by atoms with van der Waals surface area (Å²) in [6, 6.07) is 10.0. The second-order valence-corrected chi connectivity index (χ2v) is 2.74. The number of hydrogen-bond acceptors (Lipinski definition) is 2. The summed E-state index contributed by atoms with van der Waals surface area (Å²) in [4.78, 5) is 10.2. The summed E-state index contributed by atoms with van der Waals surface area (Å²) in [5, 5.41) is 0. The minimum Gasteiger partial charge on any atom is -0.458 e. The topological polar surface area (TPSA) is 26.3 Å². The van der Waals surface area contributed by atoms with Crippen molar-refractivity contribution in [2.45, 2.75) is 0 Å². The summed E-state index contributed by atoms with van der Waals surface area (Å²) in [7, 11) is 0. The van der Waals surface area contributed by atoms with Gasteiger partial charge in [0.2, 0.25) is 0 Å². The van der Waals surface area contributed by atoms with Gasteiger partial charge in [-0.25, -0.2) is 4.79 Å². The molecular weight excluding hydrogens is 200 g/mol. The van der Waals surface area contributed by atoms with Crippen LogP contribution in [0.2, 0.25) is 0 Å². The Kier molecular flexibility index (Phi) is 8.23. The fraction of sp³-hybridized carbons (Fsp3) is 0.0714. The van der Waals surface area contributed by atoms with Gasteiger partial charge in [0.05, 0.1) is 0 Å². The molecule has 1 rings (SSSR count). The second kappa shape index (κ2) is 9.46. The lowest BCUT2D eigenvalue weighted by Gasteiger charge is -1.92. The number of hydrogen-bond donors (Lipinski definition) is 0. The number of esters is 1. The molecule has 0 amide bonds. The SMILES string of the molecule is C=CCOC(=O)C=C.C=Cc1ccccc1.